The summed E-state index contributed by atoms with van der Waals surface area (Å²) in [4.78, 5) is 11.8. The van der Waals surface area contributed by atoms with Gasteiger partial charge in [-0.1, -0.05) is 37.0 Å². The Balaban J connectivity index is 2.89. The molecular weight excluding hydrogens is 267 g/mol. The van der Waals surface area contributed by atoms with Gasteiger partial charge in [-0.2, -0.15) is 0 Å². The highest BCUT2D eigenvalue weighted by molar-refractivity contribution is 8.00. The molecule has 1 unspecified atom stereocenters. The molecular formula is C11H12Cl2O2S. The first-order chi connectivity index (χ1) is 7.40. The number of thioether (sulfide) groups is 1. The van der Waals surface area contributed by atoms with Crippen LogP contribution in [-0.2, 0) is 4.79 Å². The Hall–Kier alpha value is -0.380. The Labute approximate surface area is 109 Å². The quantitative estimate of drug-likeness (QED) is 0.839. The second-order valence-corrected chi connectivity index (χ2v) is 5.81. The van der Waals surface area contributed by atoms with Gasteiger partial charge >= 0.3 is 5.97 Å². The van der Waals surface area contributed by atoms with E-state index in [2.05, 4.69) is 0 Å². The van der Waals surface area contributed by atoms with Gasteiger partial charge in [0.25, 0.3) is 0 Å². The molecule has 0 saturated heterocycles. The first-order valence-electron chi connectivity index (χ1n) is 4.75. The molecule has 1 atom stereocenters. The van der Waals surface area contributed by atoms with Gasteiger partial charge in [0.1, 0.15) is 5.25 Å². The van der Waals surface area contributed by atoms with Crippen LogP contribution in [0.2, 0.25) is 10.0 Å². The van der Waals surface area contributed by atoms with Gasteiger partial charge in [0, 0.05) is 14.9 Å². The first kappa shape index (κ1) is 13.7. The molecule has 0 aliphatic carbocycles. The SMILES string of the molecule is CC(C)C(Sc1cc(Cl)cc(Cl)c1)C(=O)O. The van der Waals surface area contributed by atoms with Gasteiger partial charge in [-0.05, 0) is 24.1 Å². The number of carboxylic acids is 1. The summed E-state index contributed by atoms with van der Waals surface area (Å²) in [5.41, 5.74) is 0. The lowest BCUT2D eigenvalue weighted by Gasteiger charge is -2.15. The molecule has 0 spiro atoms. The van der Waals surface area contributed by atoms with Gasteiger partial charge in [0.2, 0.25) is 0 Å². The molecule has 1 aromatic rings. The van der Waals surface area contributed by atoms with E-state index in [-0.39, 0.29) is 5.92 Å². The van der Waals surface area contributed by atoms with Crippen LogP contribution in [0.3, 0.4) is 0 Å². The number of aliphatic carboxylic acids is 1. The van der Waals surface area contributed by atoms with E-state index >= 15 is 0 Å². The van der Waals surface area contributed by atoms with Crippen molar-refractivity contribution in [2.45, 2.75) is 24.0 Å². The fraction of sp³-hybridized carbons (Fsp3) is 0.364. The summed E-state index contributed by atoms with van der Waals surface area (Å²) in [5.74, 6) is -0.781. The fourth-order valence-corrected chi connectivity index (χ4v) is 2.93. The highest BCUT2D eigenvalue weighted by Crippen LogP contribution is 2.32. The van der Waals surface area contributed by atoms with Gasteiger partial charge in [-0.25, -0.2) is 0 Å². The van der Waals surface area contributed by atoms with Crippen LogP contribution >= 0.6 is 35.0 Å². The molecule has 0 fully saturated rings. The van der Waals surface area contributed by atoms with Crippen molar-refractivity contribution >= 4 is 40.9 Å². The van der Waals surface area contributed by atoms with Crippen molar-refractivity contribution in [3.05, 3.63) is 28.2 Å². The van der Waals surface area contributed by atoms with Crippen molar-refractivity contribution in [3.63, 3.8) is 0 Å². The van der Waals surface area contributed by atoms with E-state index in [4.69, 9.17) is 28.3 Å². The molecule has 1 aromatic carbocycles. The van der Waals surface area contributed by atoms with E-state index in [1.165, 1.54) is 11.8 Å². The average molecular weight is 279 g/mol. The van der Waals surface area contributed by atoms with E-state index in [1.54, 1.807) is 18.2 Å². The summed E-state index contributed by atoms with van der Waals surface area (Å²) in [7, 11) is 0. The van der Waals surface area contributed by atoms with E-state index < -0.39 is 11.2 Å². The summed E-state index contributed by atoms with van der Waals surface area (Å²) in [6.07, 6.45) is 0. The van der Waals surface area contributed by atoms with Crippen LogP contribution in [0.1, 0.15) is 13.8 Å². The third kappa shape index (κ3) is 3.89. The molecule has 1 rings (SSSR count). The second-order valence-electron chi connectivity index (χ2n) is 3.73. The molecule has 2 nitrogen and oxygen atoms in total. The third-order valence-corrected chi connectivity index (χ3v) is 3.89. The normalized spacial score (nSPS) is 12.8. The predicted octanol–water partition coefficient (Wildman–Crippen LogP) is 4.19. The van der Waals surface area contributed by atoms with Crippen LogP contribution in [0.4, 0.5) is 0 Å². The van der Waals surface area contributed by atoms with E-state index in [9.17, 15) is 4.79 Å². The summed E-state index contributed by atoms with van der Waals surface area (Å²) in [5, 5.41) is 9.60. The van der Waals surface area contributed by atoms with E-state index in [0.717, 1.165) is 4.90 Å². The Morgan fingerprint density at radius 1 is 1.25 bits per heavy atom. The van der Waals surface area contributed by atoms with Gasteiger partial charge in [0.05, 0.1) is 0 Å². The fourth-order valence-electron chi connectivity index (χ4n) is 1.21. The number of benzene rings is 1. The van der Waals surface area contributed by atoms with Crippen molar-refractivity contribution in [1.82, 2.24) is 0 Å². The number of carbonyl (C=O) groups is 1. The zero-order chi connectivity index (χ0) is 12.3. The average Bonchev–Trinajstić information content (AvgIpc) is 2.11. The Morgan fingerprint density at radius 2 is 1.75 bits per heavy atom. The largest absolute Gasteiger partial charge is 0.480 e. The molecule has 16 heavy (non-hydrogen) atoms. The Morgan fingerprint density at radius 3 is 2.12 bits per heavy atom. The molecule has 0 bridgehead atoms. The topological polar surface area (TPSA) is 37.3 Å². The standard InChI is InChI=1S/C11H12Cl2O2S/c1-6(2)10(11(14)15)16-9-4-7(12)3-8(13)5-9/h3-6,10H,1-2H3,(H,14,15). The van der Waals surface area contributed by atoms with Crippen LogP contribution in [0.15, 0.2) is 23.1 Å². The highest BCUT2D eigenvalue weighted by Gasteiger charge is 2.22. The molecule has 1 N–H and O–H groups in total. The number of carboxylic acid groups (broad SMARTS) is 1. The lowest BCUT2D eigenvalue weighted by atomic mass is 10.1. The maximum Gasteiger partial charge on any atom is 0.317 e. The molecule has 88 valence electrons. The zero-order valence-electron chi connectivity index (χ0n) is 8.91. The second kappa shape index (κ2) is 5.80. The van der Waals surface area contributed by atoms with Gasteiger partial charge < -0.3 is 5.11 Å². The summed E-state index contributed by atoms with van der Waals surface area (Å²) in [6.45, 7) is 3.75. The molecule has 0 aliphatic rings. The number of rotatable bonds is 4. The van der Waals surface area contributed by atoms with Crippen molar-refractivity contribution in [1.29, 1.82) is 0 Å². The Bertz CT molecular complexity index is 373. The minimum absolute atomic E-state index is 0.0419. The lowest BCUT2D eigenvalue weighted by Crippen LogP contribution is -2.22. The van der Waals surface area contributed by atoms with Crippen molar-refractivity contribution in [2.24, 2.45) is 5.92 Å². The highest BCUT2D eigenvalue weighted by atomic mass is 35.5. The molecule has 5 heteroatoms. The van der Waals surface area contributed by atoms with Crippen LogP contribution in [-0.4, -0.2) is 16.3 Å². The van der Waals surface area contributed by atoms with E-state index in [0.29, 0.717) is 10.0 Å². The van der Waals surface area contributed by atoms with Crippen LogP contribution < -0.4 is 0 Å². The minimum atomic E-state index is -0.823. The van der Waals surface area contributed by atoms with Crippen LogP contribution in [0.5, 0.6) is 0 Å². The van der Waals surface area contributed by atoms with Gasteiger partial charge in [-0.15, -0.1) is 11.8 Å². The van der Waals surface area contributed by atoms with Crippen molar-refractivity contribution < 1.29 is 9.90 Å². The molecule has 0 saturated carbocycles. The number of hydrogen-bond donors (Lipinski definition) is 1. The van der Waals surface area contributed by atoms with Crippen molar-refractivity contribution in [2.75, 3.05) is 0 Å². The maximum absolute atomic E-state index is 11.0. The summed E-state index contributed by atoms with van der Waals surface area (Å²) < 4.78 is 0. The molecule has 0 amide bonds. The van der Waals surface area contributed by atoms with Crippen LogP contribution in [0, 0.1) is 5.92 Å². The predicted molar refractivity (Wildman–Crippen MR) is 68.6 cm³/mol. The lowest BCUT2D eigenvalue weighted by molar-refractivity contribution is -0.137. The zero-order valence-corrected chi connectivity index (χ0v) is 11.2. The molecule has 0 heterocycles. The smallest absolute Gasteiger partial charge is 0.317 e. The Kier molecular flexibility index (Phi) is 4.96. The summed E-state index contributed by atoms with van der Waals surface area (Å²) in [6, 6.07) is 5.06. The first-order valence-corrected chi connectivity index (χ1v) is 6.39. The molecule has 0 aromatic heterocycles. The monoisotopic (exact) mass is 278 g/mol. The maximum atomic E-state index is 11.0. The third-order valence-electron chi connectivity index (χ3n) is 1.95. The number of hydrogen-bond acceptors (Lipinski definition) is 2. The van der Waals surface area contributed by atoms with Crippen molar-refractivity contribution in [3.8, 4) is 0 Å². The molecule has 0 radical (unpaired) electrons. The van der Waals surface area contributed by atoms with Crippen LogP contribution in [0.25, 0.3) is 0 Å². The number of halogens is 2. The van der Waals surface area contributed by atoms with Gasteiger partial charge in [-0.3, -0.25) is 4.79 Å². The van der Waals surface area contributed by atoms with Gasteiger partial charge in [0.15, 0.2) is 0 Å². The molecule has 0 aliphatic heterocycles. The minimum Gasteiger partial charge on any atom is -0.480 e. The van der Waals surface area contributed by atoms with E-state index in [1.807, 2.05) is 13.8 Å². The summed E-state index contributed by atoms with van der Waals surface area (Å²) >= 11 is 13.0.